The minimum Gasteiger partial charge on any atom is -0.317 e. The maximum atomic E-state index is 14.6. The lowest BCUT2D eigenvalue weighted by atomic mass is 9.68. The molecule has 3 fully saturated rings. The van der Waals surface area contributed by atoms with E-state index in [2.05, 4.69) is 0 Å². The van der Waals surface area contributed by atoms with Crippen molar-refractivity contribution in [2.24, 2.45) is 17.8 Å². The summed E-state index contributed by atoms with van der Waals surface area (Å²) in [5.74, 6) is -4.57. The predicted octanol–water partition coefficient (Wildman–Crippen LogP) is 6.27. The third-order valence-electron chi connectivity index (χ3n) is 6.49. The molecule has 0 spiro atoms. The van der Waals surface area contributed by atoms with Gasteiger partial charge in [-0.25, -0.2) is 22.0 Å². The van der Waals surface area contributed by atoms with E-state index in [-0.39, 0.29) is 38.5 Å². The first kappa shape index (κ1) is 22.4. The van der Waals surface area contributed by atoms with Crippen molar-refractivity contribution < 1.29 is 35.5 Å². The molecule has 0 aromatic rings. The Morgan fingerprint density at radius 3 is 1.71 bits per heavy atom. The molecule has 0 aromatic heterocycles. The average molecular weight is 439 g/mol. The van der Waals surface area contributed by atoms with Crippen LogP contribution in [0.5, 0.6) is 0 Å². The van der Waals surface area contributed by atoms with E-state index in [0.29, 0.717) is 0 Å². The molecule has 4 atom stereocenters. The Kier molecular flexibility index (Phi) is 7.11. The molecule has 0 aromatic carbocycles. The van der Waals surface area contributed by atoms with Crippen LogP contribution in [0.2, 0.25) is 0 Å². The van der Waals surface area contributed by atoms with Gasteiger partial charge < -0.3 is 4.74 Å². The number of ether oxygens (including phenoxy) is 1. The SMILES string of the molecule is FC1CCC(OC(F)(F)C2C(F)CC(C3C(F)CC(Cl)CC3F)CC2F)CC1. The van der Waals surface area contributed by atoms with Crippen LogP contribution < -0.4 is 0 Å². The second-order valence-corrected chi connectivity index (χ2v) is 9.14. The van der Waals surface area contributed by atoms with Crippen molar-refractivity contribution in [3.63, 3.8) is 0 Å². The molecule has 1 nitrogen and oxygen atoms in total. The summed E-state index contributed by atoms with van der Waals surface area (Å²) in [6.45, 7) is 0. The predicted molar refractivity (Wildman–Crippen MR) is 91.3 cm³/mol. The highest BCUT2D eigenvalue weighted by Gasteiger charge is 2.57. The van der Waals surface area contributed by atoms with Gasteiger partial charge in [-0.05, 0) is 57.3 Å². The van der Waals surface area contributed by atoms with Crippen LogP contribution in [0.25, 0.3) is 0 Å². The second kappa shape index (κ2) is 8.86. The zero-order valence-electron chi connectivity index (χ0n) is 15.4. The molecule has 0 bridgehead atoms. The first-order chi connectivity index (χ1) is 13.1. The van der Waals surface area contributed by atoms with Gasteiger partial charge in [0.1, 0.15) is 36.8 Å². The summed E-state index contributed by atoms with van der Waals surface area (Å²) in [6, 6.07) is 0. The van der Waals surface area contributed by atoms with Crippen molar-refractivity contribution in [1.82, 2.24) is 0 Å². The van der Waals surface area contributed by atoms with Crippen LogP contribution >= 0.6 is 11.6 Å². The quantitative estimate of drug-likeness (QED) is 0.371. The van der Waals surface area contributed by atoms with E-state index in [1.165, 1.54) is 0 Å². The van der Waals surface area contributed by atoms with E-state index in [0.717, 1.165) is 0 Å². The van der Waals surface area contributed by atoms with Gasteiger partial charge in [0.05, 0.1) is 6.10 Å². The van der Waals surface area contributed by atoms with Crippen molar-refractivity contribution in [3.8, 4) is 0 Å². The van der Waals surface area contributed by atoms with Gasteiger partial charge in [0.15, 0.2) is 0 Å². The van der Waals surface area contributed by atoms with Gasteiger partial charge in [0.2, 0.25) is 0 Å². The van der Waals surface area contributed by atoms with E-state index in [4.69, 9.17) is 16.3 Å². The molecule has 4 unspecified atom stereocenters. The highest BCUT2D eigenvalue weighted by atomic mass is 35.5. The van der Waals surface area contributed by atoms with Crippen LogP contribution in [0.1, 0.15) is 51.4 Å². The monoisotopic (exact) mass is 438 g/mol. The molecule has 0 amide bonds. The third-order valence-corrected chi connectivity index (χ3v) is 6.85. The Morgan fingerprint density at radius 1 is 0.714 bits per heavy atom. The Hall–Kier alpha value is -0.240. The molecular weight excluding hydrogens is 413 g/mol. The minimum absolute atomic E-state index is 0.0642. The lowest BCUT2D eigenvalue weighted by Crippen LogP contribution is -2.52. The first-order valence-electron chi connectivity index (χ1n) is 9.98. The maximum absolute atomic E-state index is 14.6. The molecule has 9 heteroatoms. The molecule has 164 valence electrons. The smallest absolute Gasteiger partial charge is 0.317 e. The highest BCUT2D eigenvalue weighted by Crippen LogP contribution is 2.49. The van der Waals surface area contributed by atoms with Gasteiger partial charge in [-0.15, -0.1) is 11.6 Å². The lowest BCUT2D eigenvalue weighted by molar-refractivity contribution is -0.320. The largest absolute Gasteiger partial charge is 0.364 e. The van der Waals surface area contributed by atoms with Crippen LogP contribution in [0, 0.1) is 17.8 Å². The van der Waals surface area contributed by atoms with Crippen LogP contribution in [0.15, 0.2) is 0 Å². The fraction of sp³-hybridized carbons (Fsp3) is 1.00. The molecule has 0 N–H and O–H groups in total. The van der Waals surface area contributed by atoms with Crippen LogP contribution in [0.4, 0.5) is 30.7 Å². The molecule has 3 aliphatic carbocycles. The number of halogens is 8. The van der Waals surface area contributed by atoms with Crippen LogP contribution in [-0.2, 0) is 4.74 Å². The van der Waals surface area contributed by atoms with Gasteiger partial charge in [-0.1, -0.05) is 0 Å². The van der Waals surface area contributed by atoms with E-state index in [1.807, 2.05) is 0 Å². The Labute approximate surface area is 165 Å². The minimum atomic E-state index is -4.06. The Balaban J connectivity index is 1.64. The number of alkyl halides is 8. The summed E-state index contributed by atoms with van der Waals surface area (Å²) in [5.41, 5.74) is 0. The number of hydrogen-bond acceptors (Lipinski definition) is 1. The van der Waals surface area contributed by atoms with Gasteiger partial charge in [0.25, 0.3) is 0 Å². The van der Waals surface area contributed by atoms with E-state index < -0.39 is 79.0 Å². The zero-order chi connectivity index (χ0) is 20.6. The fourth-order valence-electron chi connectivity index (χ4n) is 5.09. The first-order valence-corrected chi connectivity index (χ1v) is 10.4. The van der Waals surface area contributed by atoms with Crippen LogP contribution in [0.3, 0.4) is 0 Å². The molecule has 3 aliphatic rings. The van der Waals surface area contributed by atoms with E-state index >= 15 is 0 Å². The molecule has 0 aliphatic heterocycles. The molecule has 3 rings (SSSR count). The molecule has 0 heterocycles. The van der Waals surface area contributed by atoms with E-state index in [1.54, 1.807) is 0 Å². The molecule has 28 heavy (non-hydrogen) atoms. The van der Waals surface area contributed by atoms with Gasteiger partial charge >= 0.3 is 6.11 Å². The Bertz CT molecular complexity index is 493. The van der Waals surface area contributed by atoms with Gasteiger partial charge in [-0.3, -0.25) is 0 Å². The third kappa shape index (κ3) is 4.90. The number of hydrogen-bond donors (Lipinski definition) is 0. The molecule has 0 saturated heterocycles. The lowest BCUT2D eigenvalue weighted by Gasteiger charge is -2.44. The van der Waals surface area contributed by atoms with Crippen molar-refractivity contribution in [2.75, 3.05) is 0 Å². The maximum Gasteiger partial charge on any atom is 0.364 e. The summed E-state index contributed by atoms with van der Waals surface area (Å²) in [4.78, 5) is 0. The van der Waals surface area contributed by atoms with Crippen LogP contribution in [-0.4, -0.2) is 48.4 Å². The second-order valence-electron chi connectivity index (χ2n) is 8.52. The Morgan fingerprint density at radius 2 is 1.21 bits per heavy atom. The molecular formula is C19H26ClF7O. The molecule has 0 radical (unpaired) electrons. The van der Waals surface area contributed by atoms with Gasteiger partial charge in [0, 0.05) is 11.3 Å². The fourth-order valence-corrected chi connectivity index (χ4v) is 5.43. The van der Waals surface area contributed by atoms with Crippen molar-refractivity contribution in [2.45, 2.75) is 99.8 Å². The highest BCUT2D eigenvalue weighted by molar-refractivity contribution is 6.20. The summed E-state index contributed by atoms with van der Waals surface area (Å²) >= 11 is 5.79. The summed E-state index contributed by atoms with van der Waals surface area (Å²) in [6.07, 6.45) is -15.0. The zero-order valence-corrected chi connectivity index (χ0v) is 16.1. The summed E-state index contributed by atoms with van der Waals surface area (Å²) < 4.78 is 105. The summed E-state index contributed by atoms with van der Waals surface area (Å²) in [7, 11) is 0. The van der Waals surface area contributed by atoms with Gasteiger partial charge in [-0.2, -0.15) is 8.78 Å². The standard InChI is InChI=1S/C19H26ClF7O/c20-10-7-13(22)17(14(23)8-10)9-5-15(24)18(16(25)6-9)19(26,27)28-12-3-1-11(21)2-4-12/h9-18H,1-8H2. The topological polar surface area (TPSA) is 9.23 Å². The van der Waals surface area contributed by atoms with Crippen molar-refractivity contribution in [1.29, 1.82) is 0 Å². The van der Waals surface area contributed by atoms with E-state index in [9.17, 15) is 30.7 Å². The van der Waals surface area contributed by atoms with Crippen molar-refractivity contribution >= 4 is 11.6 Å². The molecule has 3 saturated carbocycles. The normalized spacial score (nSPS) is 48.4. The summed E-state index contributed by atoms with van der Waals surface area (Å²) in [5, 5.41) is -0.683. The number of rotatable bonds is 4. The van der Waals surface area contributed by atoms with Crippen molar-refractivity contribution in [3.05, 3.63) is 0 Å². The average Bonchev–Trinajstić information content (AvgIpc) is 2.55.